The van der Waals surface area contributed by atoms with Gasteiger partial charge in [-0.1, -0.05) is 19.9 Å². The maximum atomic E-state index is 13.3. The summed E-state index contributed by atoms with van der Waals surface area (Å²) in [7, 11) is 0. The Balaban J connectivity index is 1.44. The monoisotopic (exact) mass is 404 g/mol. The Morgan fingerprint density at radius 1 is 1.14 bits per heavy atom. The van der Waals surface area contributed by atoms with E-state index in [4.69, 9.17) is 0 Å². The van der Waals surface area contributed by atoms with Crippen molar-refractivity contribution >= 4 is 17.5 Å². The van der Waals surface area contributed by atoms with Crippen LogP contribution in [0.4, 0.5) is 10.1 Å². The van der Waals surface area contributed by atoms with Crippen molar-refractivity contribution in [2.75, 3.05) is 51.1 Å². The lowest BCUT2D eigenvalue weighted by atomic mass is 9.92. The van der Waals surface area contributed by atoms with Gasteiger partial charge in [0.2, 0.25) is 11.8 Å². The van der Waals surface area contributed by atoms with E-state index in [0.29, 0.717) is 24.1 Å². The second-order valence-electron chi connectivity index (χ2n) is 8.73. The molecule has 160 valence electrons. The van der Waals surface area contributed by atoms with E-state index in [1.165, 1.54) is 18.6 Å². The number of amides is 2. The number of anilines is 1. The Morgan fingerprint density at radius 2 is 1.79 bits per heavy atom. The van der Waals surface area contributed by atoms with E-state index in [0.717, 1.165) is 39.3 Å². The molecule has 2 aliphatic rings. The third-order valence-corrected chi connectivity index (χ3v) is 6.01. The van der Waals surface area contributed by atoms with Crippen molar-refractivity contribution in [2.24, 2.45) is 11.8 Å². The fourth-order valence-corrected chi connectivity index (χ4v) is 4.45. The van der Waals surface area contributed by atoms with E-state index in [1.54, 1.807) is 12.1 Å². The van der Waals surface area contributed by atoms with Crippen molar-refractivity contribution < 1.29 is 14.0 Å². The van der Waals surface area contributed by atoms with E-state index < -0.39 is 0 Å². The fourth-order valence-electron chi connectivity index (χ4n) is 4.45. The van der Waals surface area contributed by atoms with E-state index in [9.17, 15) is 14.0 Å². The van der Waals surface area contributed by atoms with Crippen LogP contribution in [-0.2, 0) is 9.59 Å². The third kappa shape index (κ3) is 6.00. The van der Waals surface area contributed by atoms with Crippen LogP contribution in [0.1, 0.15) is 27.2 Å². The van der Waals surface area contributed by atoms with Crippen LogP contribution in [0, 0.1) is 17.7 Å². The maximum absolute atomic E-state index is 13.3. The molecule has 2 fully saturated rings. The number of nitrogens with one attached hydrogen (secondary N) is 1. The van der Waals surface area contributed by atoms with Crippen LogP contribution < -0.4 is 5.32 Å². The molecule has 0 spiro atoms. The lowest BCUT2D eigenvalue weighted by Gasteiger charge is -2.39. The second-order valence-corrected chi connectivity index (χ2v) is 8.73. The maximum Gasteiger partial charge on any atom is 0.241 e. The smallest absolute Gasteiger partial charge is 0.241 e. The number of halogens is 1. The topological polar surface area (TPSA) is 55.9 Å². The number of nitrogens with zero attached hydrogens (tertiary/aromatic N) is 3. The average Bonchev–Trinajstić information content (AvgIpc) is 2.67. The number of carbonyl (C=O) groups excluding carboxylic acids is 2. The molecule has 0 bridgehead atoms. The molecule has 3 rings (SSSR count). The molecule has 2 amide bonds. The lowest BCUT2D eigenvalue weighted by molar-refractivity contribution is -0.136. The number of hydrogen-bond donors (Lipinski definition) is 1. The van der Waals surface area contributed by atoms with Gasteiger partial charge in [-0.15, -0.1) is 0 Å². The van der Waals surface area contributed by atoms with Gasteiger partial charge in [0.15, 0.2) is 0 Å². The Labute approximate surface area is 173 Å². The van der Waals surface area contributed by atoms with Gasteiger partial charge in [0.05, 0.1) is 12.6 Å². The quantitative estimate of drug-likeness (QED) is 0.818. The first-order chi connectivity index (χ1) is 13.8. The summed E-state index contributed by atoms with van der Waals surface area (Å²) in [5.74, 6) is 0.838. The standard InChI is InChI=1S/C22H33FN4O2/c1-16-11-17(2)14-27(13-16)21(28)15-25-7-9-26(10-8-25)18(3)22(29)24-20-6-4-5-19(23)12-20/h4-6,12,16-18H,7-11,13-15H2,1-3H3,(H,24,29)/t16-,17-,18+/m1/s1. The summed E-state index contributed by atoms with van der Waals surface area (Å²) in [6.45, 7) is 11.5. The van der Waals surface area contributed by atoms with Crippen molar-refractivity contribution in [1.29, 1.82) is 0 Å². The van der Waals surface area contributed by atoms with Crippen LogP contribution in [0.2, 0.25) is 0 Å². The zero-order chi connectivity index (χ0) is 21.0. The van der Waals surface area contributed by atoms with Gasteiger partial charge < -0.3 is 10.2 Å². The molecule has 0 radical (unpaired) electrons. The molecular weight excluding hydrogens is 371 g/mol. The number of piperidine rings is 1. The summed E-state index contributed by atoms with van der Waals surface area (Å²) in [6, 6.07) is 5.62. The number of likely N-dealkylation sites (tertiary alicyclic amines) is 1. The molecule has 2 aliphatic heterocycles. The minimum Gasteiger partial charge on any atom is -0.341 e. The highest BCUT2D eigenvalue weighted by molar-refractivity contribution is 5.94. The van der Waals surface area contributed by atoms with E-state index >= 15 is 0 Å². The van der Waals surface area contributed by atoms with Crippen LogP contribution >= 0.6 is 0 Å². The highest BCUT2D eigenvalue weighted by atomic mass is 19.1. The Bertz CT molecular complexity index is 711. The molecule has 1 N–H and O–H groups in total. The van der Waals surface area contributed by atoms with Crippen molar-refractivity contribution in [1.82, 2.24) is 14.7 Å². The molecule has 0 aromatic heterocycles. The number of piperazine rings is 1. The molecule has 2 heterocycles. The highest BCUT2D eigenvalue weighted by Crippen LogP contribution is 2.21. The van der Waals surface area contributed by atoms with Gasteiger partial charge in [0.25, 0.3) is 0 Å². The Kier molecular flexibility index (Phi) is 7.24. The second kappa shape index (κ2) is 9.67. The normalized spacial score (nSPS) is 24.9. The molecule has 29 heavy (non-hydrogen) atoms. The molecular formula is C22H33FN4O2. The minimum absolute atomic E-state index is 0.142. The molecule has 0 saturated carbocycles. The van der Waals surface area contributed by atoms with Crippen molar-refractivity contribution in [3.05, 3.63) is 30.1 Å². The number of benzene rings is 1. The largest absolute Gasteiger partial charge is 0.341 e. The van der Waals surface area contributed by atoms with Crippen molar-refractivity contribution in [3.63, 3.8) is 0 Å². The first-order valence-corrected chi connectivity index (χ1v) is 10.6. The van der Waals surface area contributed by atoms with Gasteiger partial charge in [-0.3, -0.25) is 19.4 Å². The van der Waals surface area contributed by atoms with Gasteiger partial charge in [0, 0.05) is 45.0 Å². The molecule has 1 aromatic rings. The number of rotatable bonds is 5. The van der Waals surface area contributed by atoms with Gasteiger partial charge in [0.1, 0.15) is 5.82 Å². The molecule has 0 aliphatic carbocycles. The summed E-state index contributed by atoms with van der Waals surface area (Å²) in [5.41, 5.74) is 0.469. The van der Waals surface area contributed by atoms with Gasteiger partial charge in [-0.05, 0) is 43.4 Å². The molecule has 3 atom stereocenters. The summed E-state index contributed by atoms with van der Waals surface area (Å²) >= 11 is 0. The Morgan fingerprint density at radius 3 is 2.41 bits per heavy atom. The predicted octanol–water partition coefficient (Wildman–Crippen LogP) is 2.27. The predicted molar refractivity (Wildman–Crippen MR) is 112 cm³/mol. The summed E-state index contributed by atoms with van der Waals surface area (Å²) in [5, 5.41) is 2.78. The summed E-state index contributed by atoms with van der Waals surface area (Å²) in [6.07, 6.45) is 1.19. The summed E-state index contributed by atoms with van der Waals surface area (Å²) < 4.78 is 13.3. The van der Waals surface area contributed by atoms with Crippen molar-refractivity contribution in [3.8, 4) is 0 Å². The molecule has 2 saturated heterocycles. The van der Waals surface area contributed by atoms with Gasteiger partial charge >= 0.3 is 0 Å². The zero-order valence-electron chi connectivity index (χ0n) is 17.7. The van der Waals surface area contributed by atoms with Gasteiger partial charge in [-0.2, -0.15) is 0 Å². The average molecular weight is 405 g/mol. The number of carbonyl (C=O) groups is 2. The lowest BCUT2D eigenvalue weighted by Crippen LogP contribution is -2.55. The molecule has 1 aromatic carbocycles. The third-order valence-electron chi connectivity index (χ3n) is 6.01. The zero-order valence-corrected chi connectivity index (χ0v) is 17.7. The highest BCUT2D eigenvalue weighted by Gasteiger charge is 2.29. The fraction of sp³-hybridized carbons (Fsp3) is 0.636. The van der Waals surface area contributed by atoms with Crippen LogP contribution in [0.5, 0.6) is 0 Å². The van der Waals surface area contributed by atoms with E-state index in [2.05, 4.69) is 29.0 Å². The first kappa shape index (κ1) is 21.7. The molecule has 0 unspecified atom stereocenters. The van der Waals surface area contributed by atoms with E-state index in [1.807, 2.05) is 11.8 Å². The Hall–Kier alpha value is -1.99. The van der Waals surface area contributed by atoms with Crippen LogP contribution in [0.3, 0.4) is 0 Å². The first-order valence-electron chi connectivity index (χ1n) is 10.6. The molecule has 6 nitrogen and oxygen atoms in total. The SMILES string of the molecule is C[C@@H]1C[C@@H](C)CN(C(=O)CN2CCN([C@@H](C)C(=O)Nc3cccc(F)c3)CC2)C1. The van der Waals surface area contributed by atoms with Gasteiger partial charge in [-0.25, -0.2) is 4.39 Å². The van der Waals surface area contributed by atoms with E-state index in [-0.39, 0.29) is 23.7 Å². The number of hydrogen-bond acceptors (Lipinski definition) is 4. The van der Waals surface area contributed by atoms with Crippen LogP contribution in [0.25, 0.3) is 0 Å². The minimum atomic E-state index is -0.369. The van der Waals surface area contributed by atoms with Crippen molar-refractivity contribution in [2.45, 2.75) is 33.2 Å². The van der Waals surface area contributed by atoms with Crippen LogP contribution in [0.15, 0.2) is 24.3 Å². The molecule has 7 heteroatoms. The van der Waals surface area contributed by atoms with Crippen LogP contribution in [-0.4, -0.2) is 78.4 Å². The summed E-state index contributed by atoms with van der Waals surface area (Å²) in [4.78, 5) is 31.5.